The summed E-state index contributed by atoms with van der Waals surface area (Å²) in [6, 6.07) is 6.98. The molecule has 5 nitrogen and oxygen atoms in total. The normalized spacial score (nSPS) is 26.5. The van der Waals surface area contributed by atoms with Crippen molar-refractivity contribution in [2.24, 2.45) is 5.73 Å². The van der Waals surface area contributed by atoms with Crippen LogP contribution in [0.5, 0.6) is 0 Å². The molecule has 0 radical (unpaired) electrons. The third-order valence-electron chi connectivity index (χ3n) is 6.73. The molecular formula is C22H32N4OS. The number of primary amides is 1. The molecule has 2 aliphatic heterocycles. The van der Waals surface area contributed by atoms with Crippen molar-refractivity contribution >= 4 is 27.5 Å². The molecule has 28 heavy (non-hydrogen) atoms. The zero-order valence-corrected chi connectivity index (χ0v) is 18.1. The van der Waals surface area contributed by atoms with Gasteiger partial charge in [0.25, 0.3) is 0 Å². The summed E-state index contributed by atoms with van der Waals surface area (Å²) in [5.74, 6) is 0.307. The first-order valence-electron chi connectivity index (χ1n) is 10.5. The van der Waals surface area contributed by atoms with Gasteiger partial charge in [-0.05, 0) is 77.4 Å². The van der Waals surface area contributed by atoms with Gasteiger partial charge in [-0.15, -0.1) is 11.3 Å². The average molecular weight is 401 g/mol. The van der Waals surface area contributed by atoms with Crippen molar-refractivity contribution in [1.29, 1.82) is 0 Å². The van der Waals surface area contributed by atoms with Crippen LogP contribution >= 0.6 is 11.3 Å². The molecule has 0 bridgehead atoms. The number of rotatable bonds is 4. The van der Waals surface area contributed by atoms with Gasteiger partial charge in [-0.2, -0.15) is 0 Å². The molecule has 1 unspecified atom stereocenters. The van der Waals surface area contributed by atoms with Gasteiger partial charge >= 0.3 is 0 Å². The Labute approximate surface area is 171 Å². The second-order valence-electron chi connectivity index (χ2n) is 9.15. The molecule has 2 fully saturated rings. The third-order valence-corrected chi connectivity index (χ3v) is 7.93. The molecule has 2 atom stereocenters. The monoisotopic (exact) mass is 400 g/mol. The van der Waals surface area contributed by atoms with Gasteiger partial charge in [0.1, 0.15) is 0 Å². The van der Waals surface area contributed by atoms with Crippen LogP contribution < -0.4 is 5.73 Å². The van der Waals surface area contributed by atoms with Crippen LogP contribution in [0.2, 0.25) is 0 Å². The fourth-order valence-corrected chi connectivity index (χ4v) is 5.91. The minimum Gasteiger partial charge on any atom is -0.369 e. The molecule has 0 saturated carbocycles. The minimum atomic E-state index is -0.242. The van der Waals surface area contributed by atoms with Gasteiger partial charge in [0, 0.05) is 17.5 Å². The minimum absolute atomic E-state index is 0.225. The van der Waals surface area contributed by atoms with E-state index in [4.69, 9.17) is 10.7 Å². The van der Waals surface area contributed by atoms with Gasteiger partial charge in [0.2, 0.25) is 5.91 Å². The molecule has 152 valence electrons. The van der Waals surface area contributed by atoms with Gasteiger partial charge in [-0.3, -0.25) is 9.69 Å². The molecule has 0 spiro atoms. The fourth-order valence-electron chi connectivity index (χ4n) is 4.83. The molecule has 1 aromatic heterocycles. The highest BCUT2D eigenvalue weighted by Gasteiger charge is 2.34. The van der Waals surface area contributed by atoms with Crippen molar-refractivity contribution in [3.05, 3.63) is 28.8 Å². The lowest BCUT2D eigenvalue weighted by Crippen LogP contribution is -2.46. The number of nitrogens with two attached hydrogens (primary N) is 1. The summed E-state index contributed by atoms with van der Waals surface area (Å²) < 4.78 is 1.27. The number of carbonyl (C=O) groups excluding carboxylic acids is 1. The Morgan fingerprint density at radius 1 is 1.29 bits per heavy atom. The second kappa shape index (κ2) is 7.73. The van der Waals surface area contributed by atoms with E-state index in [0.717, 1.165) is 37.9 Å². The largest absolute Gasteiger partial charge is 0.369 e. The average Bonchev–Trinajstić information content (AvgIpc) is 3.07. The van der Waals surface area contributed by atoms with Crippen molar-refractivity contribution in [1.82, 2.24) is 14.8 Å². The van der Waals surface area contributed by atoms with E-state index in [0.29, 0.717) is 12.5 Å². The number of benzene rings is 1. The van der Waals surface area contributed by atoms with Gasteiger partial charge in [-0.1, -0.05) is 12.5 Å². The van der Waals surface area contributed by atoms with Crippen molar-refractivity contribution < 1.29 is 4.79 Å². The molecule has 1 aromatic carbocycles. The zero-order valence-electron chi connectivity index (χ0n) is 17.3. The number of piperidine rings is 2. The molecular weight excluding hydrogens is 368 g/mol. The maximum Gasteiger partial charge on any atom is 0.231 e. The Morgan fingerprint density at radius 2 is 2.11 bits per heavy atom. The number of hydrogen-bond donors (Lipinski definition) is 1. The highest BCUT2D eigenvalue weighted by Crippen LogP contribution is 2.40. The Bertz CT molecular complexity index is 861. The van der Waals surface area contributed by atoms with Crippen LogP contribution in [0.4, 0.5) is 0 Å². The van der Waals surface area contributed by atoms with E-state index in [1.807, 2.05) is 11.3 Å². The smallest absolute Gasteiger partial charge is 0.231 e. The Balaban J connectivity index is 1.59. The number of likely N-dealkylation sites (tertiary alicyclic amines) is 2. The maximum atomic E-state index is 11.5. The van der Waals surface area contributed by atoms with E-state index in [-0.39, 0.29) is 17.5 Å². The van der Waals surface area contributed by atoms with Gasteiger partial charge in [0.05, 0.1) is 21.8 Å². The Morgan fingerprint density at radius 3 is 2.86 bits per heavy atom. The first-order valence-corrected chi connectivity index (χ1v) is 11.3. The van der Waals surface area contributed by atoms with Crippen molar-refractivity contribution in [2.75, 3.05) is 26.7 Å². The second-order valence-corrected chi connectivity index (χ2v) is 10.2. The first kappa shape index (κ1) is 19.8. The van der Waals surface area contributed by atoms with E-state index in [2.05, 4.69) is 48.9 Å². The molecule has 2 aliphatic rings. The number of nitrogens with zero attached hydrogens (tertiary/aromatic N) is 3. The summed E-state index contributed by atoms with van der Waals surface area (Å²) in [6.07, 6.45) is 5.76. The number of fused-ring (bicyclic) bond motifs is 1. The van der Waals surface area contributed by atoms with Crippen LogP contribution in [-0.4, -0.2) is 52.9 Å². The molecule has 0 aliphatic carbocycles. The highest BCUT2D eigenvalue weighted by atomic mass is 32.1. The number of aromatic nitrogens is 1. The highest BCUT2D eigenvalue weighted by molar-refractivity contribution is 7.18. The molecule has 2 saturated heterocycles. The van der Waals surface area contributed by atoms with Crippen LogP contribution in [0.15, 0.2) is 18.2 Å². The fraction of sp³-hybridized carbons (Fsp3) is 0.636. The third kappa shape index (κ3) is 3.95. The van der Waals surface area contributed by atoms with Crippen LogP contribution in [0.1, 0.15) is 68.5 Å². The lowest BCUT2D eigenvalue weighted by atomic mass is 9.83. The van der Waals surface area contributed by atoms with Crippen LogP contribution in [0.3, 0.4) is 0 Å². The van der Waals surface area contributed by atoms with E-state index in [9.17, 15) is 4.79 Å². The van der Waals surface area contributed by atoms with Crippen molar-refractivity contribution in [3.8, 4) is 0 Å². The summed E-state index contributed by atoms with van der Waals surface area (Å²) in [7, 11) is 2.23. The van der Waals surface area contributed by atoms with E-state index in [1.54, 1.807) is 0 Å². The van der Waals surface area contributed by atoms with Gasteiger partial charge < -0.3 is 10.6 Å². The predicted octanol–water partition coefficient (Wildman–Crippen LogP) is 3.90. The summed E-state index contributed by atoms with van der Waals surface area (Å²) >= 11 is 1.86. The first-order chi connectivity index (χ1) is 13.3. The van der Waals surface area contributed by atoms with Crippen molar-refractivity contribution in [3.63, 3.8) is 0 Å². The zero-order chi connectivity index (χ0) is 19.9. The van der Waals surface area contributed by atoms with Crippen molar-refractivity contribution in [2.45, 2.75) is 63.5 Å². The maximum absolute atomic E-state index is 11.5. The van der Waals surface area contributed by atoms with E-state index >= 15 is 0 Å². The van der Waals surface area contributed by atoms with Crippen LogP contribution in [-0.2, 0) is 4.79 Å². The number of hydrogen-bond acceptors (Lipinski definition) is 5. The lowest BCUT2D eigenvalue weighted by molar-refractivity contribution is -0.120. The molecule has 3 heterocycles. The molecule has 1 amide bonds. The topological polar surface area (TPSA) is 62.5 Å². The molecule has 6 heteroatoms. The van der Waals surface area contributed by atoms with Gasteiger partial charge in [-0.25, -0.2) is 4.98 Å². The molecule has 2 aromatic rings. The van der Waals surface area contributed by atoms with Crippen LogP contribution in [0, 0.1) is 0 Å². The lowest BCUT2D eigenvalue weighted by Gasteiger charge is -2.43. The summed E-state index contributed by atoms with van der Waals surface area (Å²) in [4.78, 5) is 21.2. The quantitative estimate of drug-likeness (QED) is 0.846. The number of thiazole rings is 1. The Hall–Kier alpha value is -1.50. The summed E-state index contributed by atoms with van der Waals surface area (Å²) in [5, 5.41) is 1.28. The Kier molecular flexibility index (Phi) is 5.47. The number of carbonyl (C=O) groups is 1. The SMILES string of the molecule is CN1CC[C@@H](c2nc3cc(C4CCCCN4CC(N)=O)ccc3s2)CC1(C)C. The summed E-state index contributed by atoms with van der Waals surface area (Å²) in [5.41, 5.74) is 8.08. The van der Waals surface area contributed by atoms with Gasteiger partial charge in [0.15, 0.2) is 0 Å². The molecule has 4 rings (SSSR count). The summed E-state index contributed by atoms with van der Waals surface area (Å²) in [6.45, 7) is 7.08. The molecule has 2 N–H and O–H groups in total. The van der Waals surface area contributed by atoms with E-state index < -0.39 is 0 Å². The standard InChI is InChI=1S/C22H32N4OS/c1-22(2)13-16(9-11-25(22)3)21-24-17-12-15(7-8-19(17)28-21)18-6-4-5-10-26(18)14-20(23)27/h7-8,12,16,18H,4-6,9-11,13-14H2,1-3H3,(H2,23,27)/t16-,18?/m1/s1. The number of amides is 1. The van der Waals surface area contributed by atoms with Crippen LogP contribution in [0.25, 0.3) is 10.2 Å². The predicted molar refractivity (Wildman–Crippen MR) is 116 cm³/mol. The van der Waals surface area contributed by atoms with E-state index in [1.165, 1.54) is 28.1 Å².